The second kappa shape index (κ2) is 6.93. The first-order chi connectivity index (χ1) is 8.17. The molecule has 2 rings (SSSR count). The molecule has 0 spiro atoms. The molecule has 2 aromatic heterocycles. The van der Waals surface area contributed by atoms with Crippen molar-refractivity contribution < 1.29 is 19.4 Å². The Labute approximate surface area is 107 Å². The number of methoxy groups -OCH3 is 2. The standard InChI is InChI=1S/C6H6O3S.C5H6OS/c1-9-4-2-5(6(7)8)10-3-4;1-6-5-2-3-7-4-5/h2-3H,1H3,(H,7,8);2-4H,1H3. The number of thiophene rings is 2. The van der Waals surface area contributed by atoms with Gasteiger partial charge < -0.3 is 14.6 Å². The number of rotatable bonds is 3. The summed E-state index contributed by atoms with van der Waals surface area (Å²) in [5.41, 5.74) is 0. The third-order valence-corrected chi connectivity index (χ3v) is 3.31. The maximum atomic E-state index is 10.3. The quantitative estimate of drug-likeness (QED) is 0.932. The number of ether oxygens (including phenoxy) is 2. The Balaban J connectivity index is 0.000000181. The first kappa shape index (κ1) is 13.5. The average molecular weight is 272 g/mol. The first-order valence-corrected chi connectivity index (χ1v) is 6.41. The smallest absolute Gasteiger partial charge is 0.346 e. The molecule has 2 heterocycles. The van der Waals surface area contributed by atoms with Crippen LogP contribution in [0.3, 0.4) is 0 Å². The second-order valence-electron chi connectivity index (χ2n) is 2.82. The predicted octanol–water partition coefficient (Wildman–Crippen LogP) is 3.21. The summed E-state index contributed by atoms with van der Waals surface area (Å²) in [5.74, 6) is 0.640. The number of carboxylic acid groups (broad SMARTS) is 1. The van der Waals surface area contributed by atoms with E-state index in [1.165, 1.54) is 13.2 Å². The lowest BCUT2D eigenvalue weighted by molar-refractivity contribution is 0.0702. The molecule has 0 unspecified atom stereocenters. The third kappa shape index (κ3) is 4.46. The van der Waals surface area contributed by atoms with Gasteiger partial charge in [0.05, 0.1) is 14.2 Å². The maximum Gasteiger partial charge on any atom is 0.346 e. The van der Waals surface area contributed by atoms with E-state index in [-0.39, 0.29) is 0 Å². The number of carbonyl (C=O) groups is 1. The molecule has 0 saturated heterocycles. The molecule has 17 heavy (non-hydrogen) atoms. The highest BCUT2D eigenvalue weighted by Crippen LogP contribution is 2.20. The SMILES string of the molecule is COc1ccsc1.COc1csc(C(=O)O)c1. The van der Waals surface area contributed by atoms with Crippen molar-refractivity contribution in [3.8, 4) is 11.5 Å². The van der Waals surface area contributed by atoms with Gasteiger partial charge in [-0.2, -0.15) is 0 Å². The van der Waals surface area contributed by atoms with E-state index < -0.39 is 5.97 Å². The molecule has 4 nitrogen and oxygen atoms in total. The van der Waals surface area contributed by atoms with E-state index in [0.29, 0.717) is 10.6 Å². The Morgan fingerprint density at radius 2 is 1.94 bits per heavy atom. The molecule has 0 aliphatic rings. The van der Waals surface area contributed by atoms with Gasteiger partial charge in [0.1, 0.15) is 16.4 Å². The van der Waals surface area contributed by atoms with Crippen LogP contribution in [0.2, 0.25) is 0 Å². The molecule has 1 N–H and O–H groups in total. The minimum Gasteiger partial charge on any atom is -0.496 e. The van der Waals surface area contributed by atoms with E-state index in [4.69, 9.17) is 14.6 Å². The van der Waals surface area contributed by atoms with Crippen molar-refractivity contribution in [2.45, 2.75) is 0 Å². The van der Waals surface area contributed by atoms with Crippen molar-refractivity contribution in [2.75, 3.05) is 14.2 Å². The van der Waals surface area contributed by atoms with E-state index in [1.807, 2.05) is 16.8 Å². The number of aromatic carboxylic acids is 1. The number of hydrogen-bond acceptors (Lipinski definition) is 5. The van der Waals surface area contributed by atoms with Crippen LogP contribution in [-0.2, 0) is 0 Å². The topological polar surface area (TPSA) is 55.8 Å². The van der Waals surface area contributed by atoms with Gasteiger partial charge >= 0.3 is 5.97 Å². The molecule has 0 aliphatic carbocycles. The van der Waals surface area contributed by atoms with Crippen LogP contribution in [0.25, 0.3) is 0 Å². The summed E-state index contributed by atoms with van der Waals surface area (Å²) in [4.78, 5) is 10.6. The van der Waals surface area contributed by atoms with Crippen molar-refractivity contribution in [3.05, 3.63) is 33.2 Å². The van der Waals surface area contributed by atoms with Gasteiger partial charge in [0.25, 0.3) is 0 Å². The Morgan fingerprint density at radius 3 is 2.24 bits per heavy atom. The van der Waals surface area contributed by atoms with Crippen LogP contribution >= 0.6 is 22.7 Å². The summed E-state index contributed by atoms with van der Waals surface area (Å²) in [6.45, 7) is 0. The van der Waals surface area contributed by atoms with Gasteiger partial charge in [-0.1, -0.05) is 0 Å². The maximum absolute atomic E-state index is 10.3. The lowest BCUT2D eigenvalue weighted by Crippen LogP contribution is -1.90. The van der Waals surface area contributed by atoms with Crippen molar-refractivity contribution in [2.24, 2.45) is 0 Å². The Kier molecular flexibility index (Phi) is 5.51. The second-order valence-corrected chi connectivity index (χ2v) is 4.51. The Hall–Kier alpha value is -1.53. The summed E-state index contributed by atoms with van der Waals surface area (Å²) in [6.07, 6.45) is 0. The molecule has 0 saturated carbocycles. The Bertz CT molecular complexity index is 448. The fraction of sp³-hybridized carbons (Fsp3) is 0.182. The van der Waals surface area contributed by atoms with Crippen LogP contribution < -0.4 is 9.47 Å². The third-order valence-electron chi connectivity index (χ3n) is 1.75. The molecular formula is C11H12O4S2. The van der Waals surface area contributed by atoms with Crippen LogP contribution in [0.1, 0.15) is 9.67 Å². The van der Waals surface area contributed by atoms with Gasteiger partial charge in [0.15, 0.2) is 0 Å². The molecule has 0 aromatic carbocycles. The van der Waals surface area contributed by atoms with Gasteiger partial charge in [-0.15, -0.1) is 22.7 Å². The van der Waals surface area contributed by atoms with Crippen LogP contribution in [0.15, 0.2) is 28.3 Å². The van der Waals surface area contributed by atoms with Crippen molar-refractivity contribution in [1.29, 1.82) is 0 Å². The van der Waals surface area contributed by atoms with E-state index in [9.17, 15) is 4.79 Å². The lowest BCUT2D eigenvalue weighted by atomic mass is 10.4. The van der Waals surface area contributed by atoms with Gasteiger partial charge in [0, 0.05) is 16.8 Å². The minimum absolute atomic E-state index is 0.303. The van der Waals surface area contributed by atoms with Crippen molar-refractivity contribution in [3.63, 3.8) is 0 Å². The van der Waals surface area contributed by atoms with Gasteiger partial charge in [0.2, 0.25) is 0 Å². The fourth-order valence-corrected chi connectivity index (χ4v) is 2.20. The summed E-state index contributed by atoms with van der Waals surface area (Å²) in [7, 11) is 3.18. The predicted molar refractivity (Wildman–Crippen MR) is 68.7 cm³/mol. The largest absolute Gasteiger partial charge is 0.496 e. The highest BCUT2D eigenvalue weighted by Gasteiger charge is 2.05. The van der Waals surface area contributed by atoms with Gasteiger partial charge in [-0.25, -0.2) is 4.79 Å². The first-order valence-electron chi connectivity index (χ1n) is 4.59. The number of carboxylic acids is 1. The summed E-state index contributed by atoms with van der Waals surface area (Å²) >= 11 is 2.80. The van der Waals surface area contributed by atoms with Crippen molar-refractivity contribution >= 4 is 28.6 Å². The van der Waals surface area contributed by atoms with Crippen LogP contribution in [0.5, 0.6) is 11.5 Å². The van der Waals surface area contributed by atoms with Crippen molar-refractivity contribution in [1.82, 2.24) is 0 Å². The molecule has 6 heteroatoms. The molecule has 0 fully saturated rings. The number of hydrogen-bond donors (Lipinski definition) is 1. The summed E-state index contributed by atoms with van der Waals surface area (Å²) in [5, 5.41) is 14.0. The average Bonchev–Trinajstić information content (AvgIpc) is 3.01. The molecule has 0 radical (unpaired) electrons. The zero-order chi connectivity index (χ0) is 12.7. The van der Waals surface area contributed by atoms with Crippen LogP contribution in [0, 0.1) is 0 Å². The van der Waals surface area contributed by atoms with E-state index >= 15 is 0 Å². The summed E-state index contributed by atoms with van der Waals surface area (Å²) in [6, 6.07) is 3.43. The van der Waals surface area contributed by atoms with Gasteiger partial charge in [-0.05, 0) is 11.4 Å². The molecular weight excluding hydrogens is 260 g/mol. The minimum atomic E-state index is -0.909. The normalized spacial score (nSPS) is 9.06. The highest BCUT2D eigenvalue weighted by molar-refractivity contribution is 7.12. The zero-order valence-electron chi connectivity index (χ0n) is 9.38. The fourth-order valence-electron chi connectivity index (χ4n) is 0.906. The molecule has 0 atom stereocenters. The van der Waals surface area contributed by atoms with E-state index in [0.717, 1.165) is 17.1 Å². The van der Waals surface area contributed by atoms with E-state index in [1.54, 1.807) is 23.8 Å². The molecule has 2 aromatic rings. The highest BCUT2D eigenvalue weighted by atomic mass is 32.1. The molecule has 0 aliphatic heterocycles. The zero-order valence-corrected chi connectivity index (χ0v) is 11.0. The van der Waals surface area contributed by atoms with E-state index in [2.05, 4.69) is 0 Å². The van der Waals surface area contributed by atoms with Crippen LogP contribution in [0.4, 0.5) is 0 Å². The van der Waals surface area contributed by atoms with Crippen LogP contribution in [-0.4, -0.2) is 25.3 Å². The monoisotopic (exact) mass is 272 g/mol. The molecule has 92 valence electrons. The lowest BCUT2D eigenvalue weighted by Gasteiger charge is -1.88. The summed E-state index contributed by atoms with van der Waals surface area (Å²) < 4.78 is 9.66. The van der Waals surface area contributed by atoms with Gasteiger partial charge in [-0.3, -0.25) is 0 Å². The molecule has 0 bridgehead atoms. The Morgan fingerprint density at radius 1 is 1.24 bits per heavy atom. The molecule has 0 amide bonds.